The summed E-state index contributed by atoms with van der Waals surface area (Å²) in [6, 6.07) is 8.25. The van der Waals surface area contributed by atoms with Crippen LogP contribution >= 0.6 is 0 Å². The molecule has 0 spiro atoms. The third kappa shape index (κ3) is 3.70. The van der Waals surface area contributed by atoms with Crippen LogP contribution in [0.25, 0.3) is 10.9 Å². The number of nitrogens with one attached hydrogen (secondary N) is 1. The third-order valence-electron chi connectivity index (χ3n) is 4.86. The van der Waals surface area contributed by atoms with Crippen molar-refractivity contribution in [3.05, 3.63) is 35.5 Å². The lowest BCUT2D eigenvalue weighted by Gasteiger charge is -2.23. The Balaban J connectivity index is 1.88. The van der Waals surface area contributed by atoms with Crippen molar-refractivity contribution in [2.45, 2.75) is 52.0 Å². The van der Waals surface area contributed by atoms with Crippen molar-refractivity contribution in [3.8, 4) is 0 Å². The first kappa shape index (κ1) is 17.5. The highest BCUT2D eigenvalue weighted by Crippen LogP contribution is 2.30. The van der Waals surface area contributed by atoms with Gasteiger partial charge in [0.1, 0.15) is 5.69 Å². The number of amides is 1. The van der Waals surface area contributed by atoms with E-state index in [1.165, 1.54) is 5.56 Å². The first-order chi connectivity index (χ1) is 11.7. The number of carboxylic acid groups (broad SMARTS) is 1. The van der Waals surface area contributed by atoms with E-state index in [0.717, 1.165) is 23.7 Å². The summed E-state index contributed by atoms with van der Waals surface area (Å²) in [5, 5.41) is 10.2. The Kier molecular flexibility index (Phi) is 4.35. The van der Waals surface area contributed by atoms with Crippen LogP contribution in [0.3, 0.4) is 0 Å². The molecule has 134 valence electrons. The van der Waals surface area contributed by atoms with Crippen molar-refractivity contribution in [1.82, 2.24) is 9.88 Å². The predicted octanol–water partition coefficient (Wildman–Crippen LogP) is 3.79. The quantitative estimate of drug-likeness (QED) is 0.868. The van der Waals surface area contributed by atoms with Crippen molar-refractivity contribution in [2.24, 2.45) is 5.92 Å². The molecular weight excluding hydrogens is 316 g/mol. The van der Waals surface area contributed by atoms with Crippen molar-refractivity contribution in [2.75, 3.05) is 6.54 Å². The molecule has 0 radical (unpaired) electrons. The lowest BCUT2D eigenvalue weighted by atomic mass is 9.87. The highest BCUT2D eigenvalue weighted by Gasteiger charge is 2.35. The minimum absolute atomic E-state index is 0.0421. The number of rotatable bonds is 5. The fraction of sp³-hybridized carbons (Fsp3) is 0.500. The summed E-state index contributed by atoms with van der Waals surface area (Å²) in [7, 11) is 0. The normalized spacial score (nSPS) is 16.0. The Morgan fingerprint density at radius 3 is 2.52 bits per heavy atom. The molecule has 3 rings (SSSR count). The summed E-state index contributed by atoms with van der Waals surface area (Å²) in [6.45, 7) is 8.37. The number of H-pyrrole nitrogens is 1. The Labute approximate surface area is 148 Å². The van der Waals surface area contributed by atoms with Crippen LogP contribution in [0.4, 0.5) is 0 Å². The maximum atomic E-state index is 12.9. The molecule has 0 aliphatic heterocycles. The van der Waals surface area contributed by atoms with E-state index in [0.29, 0.717) is 5.69 Å². The number of carboxylic acids is 1. The van der Waals surface area contributed by atoms with Gasteiger partial charge in [0, 0.05) is 23.5 Å². The maximum absolute atomic E-state index is 12.9. The van der Waals surface area contributed by atoms with E-state index in [-0.39, 0.29) is 23.9 Å². The van der Waals surface area contributed by atoms with E-state index in [2.05, 4.69) is 37.9 Å². The van der Waals surface area contributed by atoms with Crippen LogP contribution in [-0.2, 0) is 10.2 Å². The van der Waals surface area contributed by atoms with Gasteiger partial charge in [0.15, 0.2) is 0 Å². The van der Waals surface area contributed by atoms with Crippen molar-refractivity contribution in [3.63, 3.8) is 0 Å². The monoisotopic (exact) mass is 342 g/mol. The van der Waals surface area contributed by atoms with Crippen LogP contribution < -0.4 is 0 Å². The summed E-state index contributed by atoms with van der Waals surface area (Å²) < 4.78 is 0. The average Bonchev–Trinajstić information content (AvgIpc) is 3.28. The average molecular weight is 342 g/mol. The van der Waals surface area contributed by atoms with E-state index in [1.54, 1.807) is 11.8 Å². The standard InChI is InChI=1S/C20H26N2O3/c1-12(19(24)25)11-22(15-7-8-15)18(23)17-9-13-5-6-14(20(2,3)4)10-16(13)21-17/h5-6,9-10,12,15,21H,7-8,11H2,1-4H3,(H,24,25). The number of nitrogens with zero attached hydrogens (tertiary/aromatic N) is 1. The van der Waals surface area contributed by atoms with Crippen LogP contribution in [-0.4, -0.2) is 39.5 Å². The topological polar surface area (TPSA) is 73.4 Å². The molecule has 25 heavy (non-hydrogen) atoms. The fourth-order valence-corrected chi connectivity index (χ4v) is 3.02. The second-order valence-electron chi connectivity index (χ2n) is 8.16. The minimum Gasteiger partial charge on any atom is -0.481 e. The number of hydrogen-bond donors (Lipinski definition) is 2. The lowest BCUT2D eigenvalue weighted by Crippen LogP contribution is -2.38. The zero-order valence-corrected chi connectivity index (χ0v) is 15.3. The molecule has 0 saturated heterocycles. The lowest BCUT2D eigenvalue weighted by molar-refractivity contribution is -0.141. The molecule has 2 N–H and O–H groups in total. The van der Waals surface area contributed by atoms with Gasteiger partial charge in [0.05, 0.1) is 5.92 Å². The molecule has 1 unspecified atom stereocenters. The number of aromatic nitrogens is 1. The number of benzene rings is 1. The molecular formula is C20H26N2O3. The molecule has 1 aliphatic carbocycles. The Bertz CT molecular complexity index is 812. The van der Waals surface area contributed by atoms with E-state index >= 15 is 0 Å². The van der Waals surface area contributed by atoms with Gasteiger partial charge in [-0.05, 0) is 36.0 Å². The van der Waals surface area contributed by atoms with Gasteiger partial charge in [0.25, 0.3) is 5.91 Å². The zero-order valence-electron chi connectivity index (χ0n) is 15.3. The van der Waals surface area contributed by atoms with Gasteiger partial charge in [-0.25, -0.2) is 0 Å². The van der Waals surface area contributed by atoms with Gasteiger partial charge in [-0.1, -0.05) is 39.8 Å². The van der Waals surface area contributed by atoms with Crippen LogP contribution in [0.5, 0.6) is 0 Å². The SMILES string of the molecule is CC(CN(C(=O)c1cc2ccc(C(C)(C)C)cc2[nH]1)C1CC1)C(=O)O. The van der Waals surface area contributed by atoms with Crippen molar-refractivity contribution in [1.29, 1.82) is 0 Å². The molecule has 1 aromatic carbocycles. The third-order valence-corrected chi connectivity index (χ3v) is 4.86. The Hall–Kier alpha value is -2.30. The molecule has 1 heterocycles. The summed E-state index contributed by atoms with van der Waals surface area (Å²) in [5.41, 5.74) is 2.73. The molecule has 5 heteroatoms. The Morgan fingerprint density at radius 1 is 1.28 bits per heavy atom. The van der Waals surface area contributed by atoms with Crippen LogP contribution in [0.15, 0.2) is 24.3 Å². The minimum atomic E-state index is -0.870. The summed E-state index contributed by atoms with van der Waals surface area (Å²) >= 11 is 0. The molecule has 1 saturated carbocycles. The van der Waals surface area contributed by atoms with Gasteiger partial charge in [-0.3, -0.25) is 9.59 Å². The van der Waals surface area contributed by atoms with E-state index in [9.17, 15) is 9.59 Å². The zero-order chi connectivity index (χ0) is 18.4. The maximum Gasteiger partial charge on any atom is 0.308 e. The smallest absolute Gasteiger partial charge is 0.308 e. The highest BCUT2D eigenvalue weighted by atomic mass is 16.4. The molecule has 1 aliphatic rings. The highest BCUT2D eigenvalue weighted by molar-refractivity contribution is 5.98. The number of aromatic amines is 1. The van der Waals surface area contributed by atoms with E-state index in [1.807, 2.05) is 12.1 Å². The van der Waals surface area contributed by atoms with E-state index < -0.39 is 11.9 Å². The first-order valence-electron chi connectivity index (χ1n) is 8.84. The number of fused-ring (bicyclic) bond motifs is 1. The summed E-state index contributed by atoms with van der Waals surface area (Å²) in [6.07, 6.45) is 1.90. The number of carbonyl (C=O) groups is 2. The molecule has 1 fully saturated rings. The molecule has 5 nitrogen and oxygen atoms in total. The second kappa shape index (κ2) is 6.21. The molecule has 1 atom stereocenters. The molecule has 1 aromatic heterocycles. The van der Waals surface area contributed by atoms with Crippen molar-refractivity contribution >= 4 is 22.8 Å². The molecule has 1 amide bonds. The summed E-state index contributed by atoms with van der Waals surface area (Å²) in [5.74, 6) is -1.55. The van der Waals surface area contributed by atoms with Gasteiger partial charge in [-0.15, -0.1) is 0 Å². The largest absolute Gasteiger partial charge is 0.481 e. The number of carbonyl (C=O) groups excluding carboxylic acids is 1. The van der Waals surface area contributed by atoms with E-state index in [4.69, 9.17) is 5.11 Å². The van der Waals surface area contributed by atoms with Crippen LogP contribution in [0.1, 0.15) is 56.6 Å². The fourth-order valence-electron chi connectivity index (χ4n) is 3.02. The predicted molar refractivity (Wildman–Crippen MR) is 97.9 cm³/mol. The first-order valence-corrected chi connectivity index (χ1v) is 8.84. The van der Waals surface area contributed by atoms with Crippen LogP contribution in [0.2, 0.25) is 0 Å². The summed E-state index contributed by atoms with van der Waals surface area (Å²) in [4.78, 5) is 29.1. The van der Waals surface area contributed by atoms with Crippen LogP contribution in [0, 0.1) is 5.92 Å². The van der Waals surface area contributed by atoms with Gasteiger partial charge >= 0.3 is 5.97 Å². The van der Waals surface area contributed by atoms with Gasteiger partial charge in [0.2, 0.25) is 0 Å². The van der Waals surface area contributed by atoms with Gasteiger partial charge < -0.3 is 15.0 Å². The van der Waals surface area contributed by atoms with Gasteiger partial charge in [-0.2, -0.15) is 0 Å². The molecule has 0 bridgehead atoms. The Morgan fingerprint density at radius 2 is 1.96 bits per heavy atom. The number of hydrogen-bond acceptors (Lipinski definition) is 2. The molecule has 2 aromatic rings. The second-order valence-corrected chi connectivity index (χ2v) is 8.16. The van der Waals surface area contributed by atoms with Crippen molar-refractivity contribution < 1.29 is 14.7 Å². The number of aliphatic carboxylic acids is 1.